The van der Waals surface area contributed by atoms with E-state index in [1.807, 2.05) is 32.2 Å². The van der Waals surface area contributed by atoms with Crippen LogP contribution in [0.1, 0.15) is 36.6 Å². The van der Waals surface area contributed by atoms with Crippen molar-refractivity contribution in [3.8, 4) is 0 Å². The number of nitrogens with zero attached hydrogens (tertiary/aromatic N) is 4. The number of amides is 1. The van der Waals surface area contributed by atoms with Crippen LogP contribution in [0.4, 0.5) is 0 Å². The molecule has 0 spiro atoms. The Bertz CT molecular complexity index is 846. The minimum atomic E-state index is 0.0257. The molecule has 1 aromatic heterocycles. The smallest absolute Gasteiger partial charge is 0.241 e. The zero-order valence-electron chi connectivity index (χ0n) is 19.4. The van der Waals surface area contributed by atoms with Crippen LogP contribution in [0.15, 0.2) is 53.7 Å². The third kappa shape index (κ3) is 7.96. The van der Waals surface area contributed by atoms with Gasteiger partial charge in [-0.05, 0) is 56.1 Å². The molecule has 172 valence electrons. The van der Waals surface area contributed by atoms with Crippen LogP contribution >= 0.6 is 0 Å². The van der Waals surface area contributed by atoms with Gasteiger partial charge in [0, 0.05) is 45.0 Å². The molecule has 0 saturated carbocycles. The predicted molar refractivity (Wildman–Crippen MR) is 129 cm³/mol. The highest BCUT2D eigenvalue weighted by molar-refractivity contribution is 5.86. The molecule has 1 fully saturated rings. The van der Waals surface area contributed by atoms with Gasteiger partial charge in [-0.15, -0.1) is 0 Å². The second-order valence-corrected chi connectivity index (χ2v) is 8.23. The van der Waals surface area contributed by atoms with Crippen LogP contribution < -0.4 is 10.6 Å². The average molecular weight is 437 g/mol. The minimum absolute atomic E-state index is 0.0257. The first-order valence-electron chi connectivity index (χ1n) is 11.6. The van der Waals surface area contributed by atoms with Gasteiger partial charge in [-0.2, -0.15) is 0 Å². The van der Waals surface area contributed by atoms with Gasteiger partial charge < -0.3 is 15.5 Å². The lowest BCUT2D eigenvalue weighted by molar-refractivity contribution is -0.128. The molecule has 7 heteroatoms. The number of hydrogen-bond acceptors (Lipinski definition) is 4. The number of guanidine groups is 1. The summed E-state index contributed by atoms with van der Waals surface area (Å²) in [5.74, 6) is 0.679. The number of carbonyl (C=O) groups excluding carboxylic acids is 1. The highest BCUT2D eigenvalue weighted by Crippen LogP contribution is 2.13. The molecule has 32 heavy (non-hydrogen) atoms. The van der Waals surface area contributed by atoms with E-state index in [1.54, 1.807) is 11.1 Å². The first-order chi connectivity index (χ1) is 15.6. The molecular weight excluding hydrogens is 400 g/mol. The van der Waals surface area contributed by atoms with Crippen LogP contribution in [0, 0.1) is 0 Å². The Balaban J connectivity index is 1.44. The van der Waals surface area contributed by atoms with Crippen molar-refractivity contribution in [2.45, 2.75) is 39.3 Å². The zero-order chi connectivity index (χ0) is 22.6. The van der Waals surface area contributed by atoms with Gasteiger partial charge in [0.2, 0.25) is 5.91 Å². The van der Waals surface area contributed by atoms with E-state index in [0.717, 1.165) is 30.8 Å². The third-order valence-corrected chi connectivity index (χ3v) is 5.65. The molecule has 1 amide bonds. The van der Waals surface area contributed by atoms with Crippen molar-refractivity contribution in [3.05, 3.63) is 65.5 Å². The number of aromatic nitrogens is 1. The Morgan fingerprint density at radius 2 is 1.84 bits per heavy atom. The Kier molecular flexibility index (Phi) is 9.50. The van der Waals surface area contributed by atoms with Crippen LogP contribution in [0.25, 0.3) is 0 Å². The number of pyridine rings is 1. The molecule has 0 radical (unpaired) electrons. The third-order valence-electron chi connectivity index (χ3n) is 5.65. The van der Waals surface area contributed by atoms with E-state index in [-0.39, 0.29) is 12.5 Å². The van der Waals surface area contributed by atoms with Gasteiger partial charge in [0.05, 0.1) is 13.1 Å². The van der Waals surface area contributed by atoms with E-state index in [1.165, 1.54) is 31.5 Å². The van der Waals surface area contributed by atoms with Crippen molar-refractivity contribution in [3.63, 3.8) is 0 Å². The Morgan fingerprint density at radius 3 is 2.53 bits per heavy atom. The van der Waals surface area contributed by atoms with Crippen molar-refractivity contribution in [2.24, 2.45) is 4.99 Å². The standard InChI is InChI=1S/C25H36N6O/c1-3-26-25(29-19-24(32)30(2)17-13-23-8-4-5-14-27-23)28-18-21-9-11-22(12-10-21)20-31-15-6-7-16-31/h4-5,8-12,14H,3,6-7,13,15-20H2,1-2H3,(H2,26,28,29). The summed E-state index contributed by atoms with van der Waals surface area (Å²) in [6, 6.07) is 14.5. The fourth-order valence-electron chi connectivity index (χ4n) is 3.71. The number of nitrogens with one attached hydrogen (secondary N) is 2. The number of carbonyl (C=O) groups is 1. The summed E-state index contributed by atoms with van der Waals surface area (Å²) in [5, 5.41) is 6.37. The number of rotatable bonds is 10. The molecule has 2 aromatic rings. The van der Waals surface area contributed by atoms with Crippen molar-refractivity contribution in [1.29, 1.82) is 0 Å². The first-order valence-corrected chi connectivity index (χ1v) is 11.6. The maximum Gasteiger partial charge on any atom is 0.241 e. The molecule has 0 atom stereocenters. The summed E-state index contributed by atoms with van der Waals surface area (Å²) in [6.07, 6.45) is 5.15. The van der Waals surface area contributed by atoms with Crippen molar-refractivity contribution < 1.29 is 4.79 Å². The largest absolute Gasteiger partial charge is 0.357 e. The van der Waals surface area contributed by atoms with Crippen LogP contribution in [0.3, 0.4) is 0 Å². The summed E-state index contributed by atoms with van der Waals surface area (Å²) in [5.41, 5.74) is 3.50. The van der Waals surface area contributed by atoms with E-state index in [2.05, 4.69) is 49.8 Å². The molecule has 1 saturated heterocycles. The number of aliphatic imine (C=N–C) groups is 1. The van der Waals surface area contributed by atoms with E-state index in [0.29, 0.717) is 19.0 Å². The Labute approximate surface area is 191 Å². The number of benzene rings is 1. The SMILES string of the molecule is CCNC(=NCc1ccc(CN2CCCC2)cc1)NCC(=O)N(C)CCc1ccccn1. The van der Waals surface area contributed by atoms with Gasteiger partial charge in [-0.1, -0.05) is 30.3 Å². The highest BCUT2D eigenvalue weighted by Gasteiger charge is 2.12. The molecule has 2 heterocycles. The van der Waals surface area contributed by atoms with Gasteiger partial charge in [-0.25, -0.2) is 4.99 Å². The second-order valence-electron chi connectivity index (χ2n) is 8.23. The average Bonchev–Trinajstić information content (AvgIpc) is 3.33. The van der Waals surface area contributed by atoms with Crippen LogP contribution in [0.5, 0.6) is 0 Å². The molecule has 1 aliphatic heterocycles. The second kappa shape index (κ2) is 12.8. The molecular formula is C25H36N6O. The molecule has 1 aromatic carbocycles. The summed E-state index contributed by atoms with van der Waals surface area (Å²) in [6.45, 7) is 7.62. The van der Waals surface area contributed by atoms with Crippen molar-refractivity contribution in [1.82, 2.24) is 25.4 Å². The quantitative estimate of drug-likeness (QED) is 0.442. The van der Waals surface area contributed by atoms with Crippen LogP contribution in [-0.2, 0) is 24.3 Å². The molecule has 1 aliphatic rings. The van der Waals surface area contributed by atoms with Crippen LogP contribution in [-0.4, -0.2) is 66.4 Å². The molecule has 0 bridgehead atoms. The first kappa shape index (κ1) is 23.7. The highest BCUT2D eigenvalue weighted by atomic mass is 16.2. The monoisotopic (exact) mass is 436 g/mol. The van der Waals surface area contributed by atoms with Gasteiger partial charge in [0.1, 0.15) is 0 Å². The van der Waals surface area contributed by atoms with E-state index in [9.17, 15) is 4.79 Å². The maximum absolute atomic E-state index is 12.5. The predicted octanol–water partition coefficient (Wildman–Crippen LogP) is 2.43. The van der Waals surface area contributed by atoms with Gasteiger partial charge >= 0.3 is 0 Å². The lowest BCUT2D eigenvalue weighted by Crippen LogP contribution is -2.44. The number of likely N-dealkylation sites (tertiary alicyclic amines) is 1. The fraction of sp³-hybridized carbons (Fsp3) is 0.480. The van der Waals surface area contributed by atoms with Gasteiger partial charge in [-0.3, -0.25) is 14.7 Å². The number of likely N-dealkylation sites (N-methyl/N-ethyl adjacent to an activating group) is 1. The van der Waals surface area contributed by atoms with Crippen molar-refractivity contribution >= 4 is 11.9 Å². The van der Waals surface area contributed by atoms with Gasteiger partial charge in [0.15, 0.2) is 5.96 Å². The molecule has 0 unspecified atom stereocenters. The summed E-state index contributed by atoms with van der Waals surface area (Å²) < 4.78 is 0. The summed E-state index contributed by atoms with van der Waals surface area (Å²) in [7, 11) is 1.82. The fourth-order valence-corrected chi connectivity index (χ4v) is 3.71. The summed E-state index contributed by atoms with van der Waals surface area (Å²) in [4.78, 5) is 25.7. The lowest BCUT2D eigenvalue weighted by atomic mass is 10.1. The number of hydrogen-bond donors (Lipinski definition) is 2. The maximum atomic E-state index is 12.5. The minimum Gasteiger partial charge on any atom is -0.357 e. The lowest BCUT2D eigenvalue weighted by Gasteiger charge is -2.18. The summed E-state index contributed by atoms with van der Waals surface area (Å²) >= 11 is 0. The molecule has 2 N–H and O–H groups in total. The van der Waals surface area contributed by atoms with Crippen LogP contribution in [0.2, 0.25) is 0 Å². The Hall–Kier alpha value is -2.93. The Morgan fingerprint density at radius 1 is 1.09 bits per heavy atom. The van der Waals surface area contributed by atoms with E-state index >= 15 is 0 Å². The van der Waals surface area contributed by atoms with Gasteiger partial charge in [0.25, 0.3) is 0 Å². The molecule has 3 rings (SSSR count). The topological polar surface area (TPSA) is 72.9 Å². The van der Waals surface area contributed by atoms with E-state index < -0.39 is 0 Å². The molecule has 7 nitrogen and oxygen atoms in total. The van der Waals surface area contributed by atoms with Crippen molar-refractivity contribution in [2.75, 3.05) is 39.8 Å². The van der Waals surface area contributed by atoms with E-state index in [4.69, 9.17) is 0 Å². The normalized spacial score (nSPS) is 14.4. The zero-order valence-corrected chi connectivity index (χ0v) is 19.4. The molecule has 0 aliphatic carbocycles.